The van der Waals surface area contributed by atoms with Gasteiger partial charge in [-0.1, -0.05) is 36.4 Å². The lowest BCUT2D eigenvalue weighted by Gasteiger charge is -2.15. The van der Waals surface area contributed by atoms with Crippen molar-refractivity contribution in [2.75, 3.05) is 0 Å². The average molecular weight is 448 g/mol. The van der Waals surface area contributed by atoms with Gasteiger partial charge in [-0.2, -0.15) is 0 Å². The van der Waals surface area contributed by atoms with Crippen LogP contribution in [0.1, 0.15) is 23.0 Å². The highest BCUT2D eigenvalue weighted by atomic mass is 79.9. The summed E-state index contributed by atoms with van der Waals surface area (Å²) < 4.78 is 3.00. The Morgan fingerprint density at radius 2 is 1.72 bits per heavy atom. The zero-order valence-corrected chi connectivity index (χ0v) is 17.1. The van der Waals surface area contributed by atoms with Gasteiger partial charge in [-0.3, -0.25) is 14.9 Å². The van der Waals surface area contributed by atoms with Crippen LogP contribution in [-0.2, 0) is 16.1 Å². The highest BCUT2D eigenvalue weighted by Crippen LogP contribution is 2.44. The summed E-state index contributed by atoms with van der Waals surface area (Å²) in [5.41, 5.74) is 3.63. The first-order chi connectivity index (χ1) is 14.1. The zero-order valence-electron chi connectivity index (χ0n) is 15.5. The van der Waals surface area contributed by atoms with Crippen molar-refractivity contribution in [3.05, 3.63) is 83.1 Å². The number of hydrogen-bond acceptors (Lipinski definition) is 2. The largest absolute Gasteiger partial charge is 0.361 e. The molecule has 2 atom stereocenters. The number of aromatic nitrogens is 2. The molecule has 4 aromatic rings. The number of hydrogen-bond donors (Lipinski definition) is 2. The monoisotopic (exact) mass is 447 g/mol. The number of halogens is 1. The molecule has 0 saturated carbocycles. The van der Waals surface area contributed by atoms with Crippen LogP contribution in [0.15, 0.2) is 72.0 Å². The lowest BCUT2D eigenvalue weighted by Crippen LogP contribution is -2.21. The van der Waals surface area contributed by atoms with Crippen LogP contribution >= 0.6 is 15.9 Å². The molecule has 2 amide bonds. The Balaban J connectivity index is 1.74. The zero-order chi connectivity index (χ0) is 20.1. The number of nitrogens with one attached hydrogen (secondary N) is 2. The Bertz CT molecular complexity index is 1300. The van der Waals surface area contributed by atoms with E-state index in [1.807, 2.05) is 60.9 Å². The number of benzene rings is 2. The third-order valence-electron chi connectivity index (χ3n) is 5.64. The Labute approximate surface area is 175 Å². The van der Waals surface area contributed by atoms with Gasteiger partial charge in [0.05, 0.1) is 17.4 Å². The predicted octanol–water partition coefficient (Wildman–Crippen LogP) is 4.59. The molecule has 0 spiro atoms. The van der Waals surface area contributed by atoms with E-state index in [-0.39, 0.29) is 11.8 Å². The van der Waals surface area contributed by atoms with E-state index in [9.17, 15) is 9.59 Å². The second-order valence-corrected chi connectivity index (χ2v) is 8.11. The number of nitrogens with zero attached hydrogens (tertiary/aromatic N) is 1. The van der Waals surface area contributed by atoms with E-state index in [2.05, 4.69) is 37.4 Å². The molecule has 5 nitrogen and oxygen atoms in total. The number of carbonyl (C=O) groups is 2. The summed E-state index contributed by atoms with van der Waals surface area (Å²) in [6, 6.07) is 13.8. The Hall–Kier alpha value is -3.12. The molecule has 0 unspecified atom stereocenters. The second kappa shape index (κ2) is 6.74. The quantitative estimate of drug-likeness (QED) is 0.354. The molecule has 0 radical (unpaired) electrons. The van der Waals surface area contributed by atoms with E-state index >= 15 is 0 Å². The van der Waals surface area contributed by atoms with Crippen molar-refractivity contribution in [1.82, 2.24) is 14.9 Å². The van der Waals surface area contributed by atoms with E-state index in [1.54, 1.807) is 0 Å². The maximum absolute atomic E-state index is 12.9. The molecule has 1 fully saturated rings. The summed E-state index contributed by atoms with van der Waals surface area (Å²) in [5.74, 6) is -1.70. The lowest BCUT2D eigenvalue weighted by atomic mass is 9.83. The van der Waals surface area contributed by atoms with Crippen LogP contribution in [0.3, 0.4) is 0 Å². The fourth-order valence-electron chi connectivity index (χ4n) is 4.45. The Morgan fingerprint density at radius 1 is 1.00 bits per heavy atom. The molecule has 144 valence electrons. The molecular weight excluding hydrogens is 430 g/mol. The van der Waals surface area contributed by atoms with Gasteiger partial charge < -0.3 is 9.55 Å². The van der Waals surface area contributed by atoms with Gasteiger partial charge in [0, 0.05) is 39.7 Å². The van der Waals surface area contributed by atoms with Gasteiger partial charge in [0.2, 0.25) is 11.8 Å². The molecule has 2 N–H and O–H groups in total. The van der Waals surface area contributed by atoms with Crippen molar-refractivity contribution in [1.29, 1.82) is 0 Å². The van der Waals surface area contributed by atoms with Crippen LogP contribution in [0.25, 0.3) is 21.8 Å². The maximum Gasteiger partial charge on any atom is 0.235 e. The number of allylic oxidation sites excluding steroid dienone is 1. The fraction of sp³-hybridized carbons (Fsp3) is 0.130. The van der Waals surface area contributed by atoms with Crippen molar-refractivity contribution >= 4 is 49.6 Å². The summed E-state index contributed by atoms with van der Waals surface area (Å²) in [6.45, 7) is 4.45. The number of carbonyl (C=O) groups excluding carboxylic acids is 2. The smallest absolute Gasteiger partial charge is 0.235 e. The van der Waals surface area contributed by atoms with Crippen LogP contribution in [0.2, 0.25) is 0 Å². The topological polar surface area (TPSA) is 66.9 Å². The molecule has 6 heteroatoms. The first-order valence-electron chi connectivity index (χ1n) is 9.39. The summed E-state index contributed by atoms with van der Waals surface area (Å²) in [6.07, 6.45) is 5.64. The molecule has 0 aliphatic carbocycles. The summed E-state index contributed by atoms with van der Waals surface area (Å²) >= 11 is 3.63. The average Bonchev–Trinajstić information content (AvgIpc) is 3.36. The third kappa shape index (κ3) is 2.67. The number of fused-ring (bicyclic) bond motifs is 2. The molecule has 2 aromatic heterocycles. The third-order valence-corrected chi connectivity index (χ3v) is 6.28. The van der Waals surface area contributed by atoms with Gasteiger partial charge in [0.1, 0.15) is 0 Å². The minimum Gasteiger partial charge on any atom is -0.361 e. The lowest BCUT2D eigenvalue weighted by molar-refractivity contribution is -0.125. The Kier molecular flexibility index (Phi) is 4.17. The molecule has 0 bridgehead atoms. The van der Waals surface area contributed by atoms with Gasteiger partial charge in [-0.15, -0.1) is 6.58 Å². The molecule has 1 aliphatic heterocycles. The number of para-hydroxylation sites is 2. The van der Waals surface area contributed by atoms with Gasteiger partial charge in [-0.25, -0.2) is 0 Å². The summed E-state index contributed by atoms with van der Waals surface area (Å²) in [7, 11) is 0. The summed E-state index contributed by atoms with van der Waals surface area (Å²) in [4.78, 5) is 29.0. The van der Waals surface area contributed by atoms with Crippen molar-refractivity contribution < 1.29 is 9.59 Å². The van der Waals surface area contributed by atoms with Crippen molar-refractivity contribution in [3.8, 4) is 0 Å². The normalized spacial score (nSPS) is 19.2. The first-order valence-corrected chi connectivity index (χ1v) is 10.2. The number of aromatic amines is 1. The molecule has 5 rings (SSSR count). The van der Waals surface area contributed by atoms with Crippen LogP contribution in [0.4, 0.5) is 0 Å². The van der Waals surface area contributed by atoms with Gasteiger partial charge in [0.25, 0.3) is 0 Å². The molecular formula is C23H18BrN3O2. The standard InChI is InChI=1S/C23H18BrN3O2/c1-2-10-27-12-16(14-7-5-8-17(24)21(14)27)20-19(22(28)26-23(20)29)15-11-25-18-9-4-3-6-13(15)18/h2-9,11-12,19-20,25H,1,10H2,(H,26,28,29)/t19-,20-/m0/s1. The maximum atomic E-state index is 12.9. The van der Waals surface area contributed by atoms with E-state index in [1.165, 1.54) is 0 Å². The fourth-order valence-corrected chi connectivity index (χ4v) is 5.04. The molecule has 1 aliphatic rings. The van der Waals surface area contributed by atoms with Gasteiger partial charge in [0.15, 0.2) is 0 Å². The predicted molar refractivity (Wildman–Crippen MR) is 117 cm³/mol. The Morgan fingerprint density at radius 3 is 2.52 bits per heavy atom. The van der Waals surface area contributed by atoms with Crippen molar-refractivity contribution in [2.24, 2.45) is 0 Å². The van der Waals surface area contributed by atoms with Crippen molar-refractivity contribution in [2.45, 2.75) is 18.4 Å². The van der Waals surface area contributed by atoms with Gasteiger partial charge >= 0.3 is 0 Å². The van der Waals surface area contributed by atoms with Crippen LogP contribution < -0.4 is 5.32 Å². The summed E-state index contributed by atoms with van der Waals surface area (Å²) in [5, 5.41) is 4.48. The molecule has 2 aromatic carbocycles. The van der Waals surface area contributed by atoms with E-state index < -0.39 is 11.8 Å². The van der Waals surface area contributed by atoms with Crippen LogP contribution in [0.5, 0.6) is 0 Å². The second-order valence-electron chi connectivity index (χ2n) is 7.26. The minimum atomic E-state index is -0.593. The first kappa shape index (κ1) is 17.9. The minimum absolute atomic E-state index is 0.260. The van der Waals surface area contributed by atoms with Crippen LogP contribution in [-0.4, -0.2) is 21.4 Å². The van der Waals surface area contributed by atoms with Crippen LogP contribution in [0, 0.1) is 0 Å². The number of imide groups is 1. The van der Waals surface area contributed by atoms with E-state index in [0.29, 0.717) is 6.54 Å². The number of amides is 2. The van der Waals surface area contributed by atoms with E-state index in [4.69, 9.17) is 0 Å². The SMILES string of the molecule is C=CCn1cc([C@@H]2C(=O)NC(=O)[C@H]2c2c[nH]c3ccccc23)c2cccc(Br)c21. The number of H-pyrrole nitrogens is 1. The van der Waals surface area contributed by atoms with E-state index in [0.717, 1.165) is 37.4 Å². The molecule has 29 heavy (non-hydrogen) atoms. The van der Waals surface area contributed by atoms with Crippen molar-refractivity contribution in [3.63, 3.8) is 0 Å². The van der Waals surface area contributed by atoms with Gasteiger partial charge in [-0.05, 0) is 39.2 Å². The highest BCUT2D eigenvalue weighted by Gasteiger charge is 2.45. The highest BCUT2D eigenvalue weighted by molar-refractivity contribution is 9.10. The molecule has 3 heterocycles. The molecule has 1 saturated heterocycles. The number of rotatable bonds is 4.